The van der Waals surface area contributed by atoms with Gasteiger partial charge in [0.1, 0.15) is 23.2 Å². The summed E-state index contributed by atoms with van der Waals surface area (Å²) >= 11 is 0. The number of carbonyl (C=O) groups is 3. The number of hydrogen-bond acceptors (Lipinski definition) is 13. The first-order valence-corrected chi connectivity index (χ1v) is 16.4. The number of rotatable bonds is 0. The highest BCUT2D eigenvalue weighted by molar-refractivity contribution is 5.87. The van der Waals surface area contributed by atoms with Crippen molar-refractivity contribution in [2.75, 3.05) is 39.6 Å². The molecule has 0 radical (unpaired) electrons. The van der Waals surface area contributed by atoms with E-state index in [9.17, 15) is 14.4 Å². The van der Waals surface area contributed by atoms with Crippen LogP contribution in [-0.2, 0) is 34.9 Å². The Morgan fingerprint density at radius 2 is 1.30 bits per heavy atom. The smallest absolute Gasteiger partial charge is 0.410 e. The zero-order valence-corrected chi connectivity index (χ0v) is 28.2. The molecule has 15 nitrogen and oxygen atoms in total. The summed E-state index contributed by atoms with van der Waals surface area (Å²) < 4.78 is 32.0. The SMILES string of the molecule is CC(C)(C)OC(=O)N1C2COCC1CC(=NO)C2.CC(C)(C)OC(=O)N1C2COCC1CC(=O)C2.c1onc2c1C1COCC(C2)N1. The summed E-state index contributed by atoms with van der Waals surface area (Å²) in [6, 6.07) is 0.270. The Morgan fingerprint density at radius 1 is 0.809 bits per heavy atom. The molecule has 7 heterocycles. The Hall–Kier alpha value is -3.27. The first-order chi connectivity index (χ1) is 22.2. The largest absolute Gasteiger partial charge is 0.444 e. The monoisotopic (exact) mass is 663 g/mol. The van der Waals surface area contributed by atoms with Crippen molar-refractivity contribution in [3.63, 3.8) is 0 Å². The number of nitrogens with zero attached hydrogens (tertiary/aromatic N) is 4. The van der Waals surface area contributed by atoms with Gasteiger partial charge in [0.05, 0.1) is 81.3 Å². The van der Waals surface area contributed by atoms with Crippen LogP contribution in [-0.4, -0.2) is 125 Å². The van der Waals surface area contributed by atoms with E-state index in [1.165, 1.54) is 5.56 Å². The highest BCUT2D eigenvalue weighted by atomic mass is 16.6. The molecule has 5 saturated heterocycles. The van der Waals surface area contributed by atoms with Crippen LogP contribution in [0.2, 0.25) is 0 Å². The van der Waals surface area contributed by atoms with Crippen LogP contribution in [0.1, 0.15) is 84.5 Å². The molecule has 1 aromatic heterocycles. The molecule has 7 rings (SSSR count). The van der Waals surface area contributed by atoms with Gasteiger partial charge in [0.25, 0.3) is 0 Å². The van der Waals surface area contributed by atoms with E-state index in [0.29, 0.717) is 64.2 Å². The zero-order valence-electron chi connectivity index (χ0n) is 28.2. The lowest BCUT2D eigenvalue weighted by Crippen LogP contribution is -2.60. The molecule has 6 aliphatic rings. The third-order valence-corrected chi connectivity index (χ3v) is 8.57. The molecule has 6 bridgehead atoms. The summed E-state index contributed by atoms with van der Waals surface area (Å²) in [7, 11) is 0. The summed E-state index contributed by atoms with van der Waals surface area (Å²) in [5.41, 5.74) is 2.00. The van der Waals surface area contributed by atoms with Crippen LogP contribution in [0.3, 0.4) is 0 Å². The van der Waals surface area contributed by atoms with Gasteiger partial charge >= 0.3 is 12.2 Å². The maximum Gasteiger partial charge on any atom is 0.410 e. The number of piperidine rings is 2. The predicted octanol–water partition coefficient (Wildman–Crippen LogP) is 3.23. The van der Waals surface area contributed by atoms with Crippen LogP contribution in [0.5, 0.6) is 0 Å². The highest BCUT2D eigenvalue weighted by Crippen LogP contribution is 2.30. The molecule has 5 fully saturated rings. The van der Waals surface area contributed by atoms with Gasteiger partial charge in [0.15, 0.2) is 0 Å². The van der Waals surface area contributed by atoms with Crippen molar-refractivity contribution in [1.82, 2.24) is 20.3 Å². The summed E-state index contributed by atoms with van der Waals surface area (Å²) in [6.45, 7) is 14.4. The average molecular weight is 664 g/mol. The van der Waals surface area contributed by atoms with Crippen molar-refractivity contribution in [3.8, 4) is 0 Å². The highest BCUT2D eigenvalue weighted by Gasteiger charge is 2.44. The Morgan fingerprint density at radius 3 is 1.79 bits per heavy atom. The summed E-state index contributed by atoms with van der Waals surface area (Å²) in [5.74, 6) is 0.211. The molecule has 6 atom stereocenters. The third-order valence-electron chi connectivity index (χ3n) is 8.57. The lowest BCUT2D eigenvalue weighted by Gasteiger charge is -2.45. The second-order valence-corrected chi connectivity index (χ2v) is 14.9. The van der Waals surface area contributed by atoms with Gasteiger partial charge in [-0.2, -0.15) is 0 Å². The van der Waals surface area contributed by atoms with Crippen molar-refractivity contribution in [1.29, 1.82) is 0 Å². The van der Waals surface area contributed by atoms with Gasteiger partial charge in [0, 0.05) is 43.7 Å². The van der Waals surface area contributed by atoms with Gasteiger partial charge in [-0.1, -0.05) is 10.3 Å². The van der Waals surface area contributed by atoms with Crippen molar-refractivity contribution in [3.05, 3.63) is 17.5 Å². The molecular formula is C32H49N5O10. The minimum atomic E-state index is -0.506. The lowest BCUT2D eigenvalue weighted by molar-refractivity contribution is -0.134. The van der Waals surface area contributed by atoms with E-state index in [4.69, 9.17) is 33.4 Å². The van der Waals surface area contributed by atoms with Crippen LogP contribution in [0.15, 0.2) is 15.9 Å². The van der Waals surface area contributed by atoms with E-state index in [2.05, 4.69) is 15.6 Å². The number of hydrogen-bond donors (Lipinski definition) is 2. The van der Waals surface area contributed by atoms with Gasteiger partial charge in [-0.15, -0.1) is 0 Å². The van der Waals surface area contributed by atoms with Gasteiger partial charge in [-0.3, -0.25) is 14.6 Å². The number of carbonyl (C=O) groups excluding carboxylic acids is 3. The number of nitrogens with one attached hydrogen (secondary N) is 1. The Bertz CT molecular complexity index is 1270. The molecule has 0 aromatic carbocycles. The summed E-state index contributed by atoms with van der Waals surface area (Å²) in [4.78, 5) is 39.2. The van der Waals surface area contributed by atoms with Crippen molar-refractivity contribution >= 4 is 23.7 Å². The number of Topliss-reactive ketones (excluding diaryl/α,β-unsaturated/α-hetero) is 1. The predicted molar refractivity (Wildman–Crippen MR) is 166 cm³/mol. The molecule has 0 spiro atoms. The standard InChI is InChI=1S/C12H20N2O4.C12H19NO4.C8H10N2O2/c1-12(2,3)18-11(15)14-9-4-8(13-16)5-10(14)7-17-6-9;1-12(2,3)17-11(15)13-8-4-10(14)5-9(13)7-16-6-8;1-5-2-11-4-8(9-5)6-3-12-10-7(1)6/h9-10,16H,4-7H2,1-3H3;8-9H,4-7H2,1-3H3;3,5,8-9H,1-2,4H2. The fourth-order valence-corrected chi connectivity index (χ4v) is 6.72. The molecule has 1 aromatic rings. The van der Waals surface area contributed by atoms with Crippen LogP contribution < -0.4 is 5.32 Å². The molecular weight excluding hydrogens is 614 g/mol. The first-order valence-electron chi connectivity index (χ1n) is 16.4. The van der Waals surface area contributed by atoms with E-state index in [1.54, 1.807) is 16.1 Å². The van der Waals surface area contributed by atoms with Crippen molar-refractivity contribution in [2.24, 2.45) is 5.16 Å². The molecule has 47 heavy (non-hydrogen) atoms. The van der Waals surface area contributed by atoms with Crippen LogP contribution in [0, 0.1) is 0 Å². The molecule has 6 aliphatic heterocycles. The molecule has 0 saturated carbocycles. The molecule has 2 N–H and O–H groups in total. The molecule has 262 valence electrons. The fraction of sp³-hybridized carbons (Fsp3) is 0.781. The maximum atomic E-state index is 12.2. The number of ketones is 1. The van der Waals surface area contributed by atoms with Crippen LogP contribution in [0.25, 0.3) is 0 Å². The van der Waals surface area contributed by atoms with Gasteiger partial charge < -0.3 is 38.7 Å². The first kappa shape index (κ1) is 35.0. The molecule has 15 heteroatoms. The van der Waals surface area contributed by atoms with Gasteiger partial charge in [-0.25, -0.2) is 9.59 Å². The van der Waals surface area contributed by atoms with E-state index in [0.717, 1.165) is 31.0 Å². The zero-order chi connectivity index (χ0) is 33.9. The Labute approximate surface area is 275 Å². The minimum Gasteiger partial charge on any atom is -0.444 e. The summed E-state index contributed by atoms with van der Waals surface area (Å²) in [6.07, 6.45) is 3.88. The lowest BCUT2D eigenvalue weighted by atomic mass is 9.93. The molecule has 0 aliphatic carbocycles. The minimum absolute atomic E-state index is 0.0850. The molecule has 6 unspecified atom stereocenters. The van der Waals surface area contributed by atoms with Crippen molar-refractivity contribution < 1.29 is 47.8 Å². The fourth-order valence-electron chi connectivity index (χ4n) is 6.72. The Kier molecular flexibility index (Phi) is 10.8. The second kappa shape index (κ2) is 14.5. The second-order valence-electron chi connectivity index (χ2n) is 14.9. The van der Waals surface area contributed by atoms with Gasteiger partial charge in [-0.05, 0) is 41.5 Å². The number of ether oxygens (including phenoxy) is 5. The van der Waals surface area contributed by atoms with Gasteiger partial charge in [0.2, 0.25) is 0 Å². The number of amides is 2. The number of aromatic nitrogens is 1. The molecule has 2 amide bonds. The maximum absolute atomic E-state index is 12.2. The number of fused-ring (bicyclic) bond motifs is 8. The van der Waals surface area contributed by atoms with Crippen LogP contribution in [0.4, 0.5) is 9.59 Å². The average Bonchev–Trinajstić information content (AvgIpc) is 3.44. The summed E-state index contributed by atoms with van der Waals surface area (Å²) in [5, 5.41) is 19.6. The topological polar surface area (TPSA) is 174 Å². The van der Waals surface area contributed by atoms with E-state index in [1.807, 2.05) is 41.5 Å². The van der Waals surface area contributed by atoms with E-state index >= 15 is 0 Å². The van der Waals surface area contributed by atoms with Crippen molar-refractivity contribution in [2.45, 2.75) is 121 Å². The normalized spacial score (nSPS) is 29.7. The number of oxime groups is 1. The quantitative estimate of drug-likeness (QED) is 0.307. The van der Waals surface area contributed by atoms with E-state index in [-0.39, 0.29) is 42.1 Å². The third kappa shape index (κ3) is 9.00. The number of morpholine rings is 3. The van der Waals surface area contributed by atoms with E-state index < -0.39 is 11.2 Å². The van der Waals surface area contributed by atoms with Crippen LogP contribution >= 0.6 is 0 Å². The Balaban J connectivity index is 0.000000141.